The lowest BCUT2D eigenvalue weighted by atomic mass is 9.91. The fourth-order valence-electron chi connectivity index (χ4n) is 9.58. The number of allylic oxidation sites excluding steroid dienone is 1. The van der Waals surface area contributed by atoms with Crippen LogP contribution in [0, 0.1) is 11.8 Å². The zero-order chi connectivity index (χ0) is 62.1. The van der Waals surface area contributed by atoms with Gasteiger partial charge in [-0.05, 0) is 85.0 Å². The fraction of sp³-hybridized carbons (Fsp3) is 0.914. The van der Waals surface area contributed by atoms with Crippen molar-refractivity contribution in [1.82, 2.24) is 0 Å². The van der Waals surface area contributed by atoms with Gasteiger partial charge in [-0.25, -0.2) is 4.79 Å². The molecular weight excluding hydrogens is 1050 g/mol. The minimum Gasteiger partial charge on any atom is -0.466 e. The number of esters is 3. The Morgan fingerprint density at radius 2 is 0.695 bits per heavy atom. The summed E-state index contributed by atoms with van der Waals surface area (Å²) in [5.41, 5.74) is 0. The van der Waals surface area contributed by atoms with Crippen molar-refractivity contribution >= 4 is 31.8 Å². The SMILES string of the molecule is CCCCCCCC/C=C/C(=O)OCC.CCCCCCCCC(CCCCCCCC)CC(=O)OCC.CCCCCCCCC(CCO)CCCCCCCC.CCCCCCCCC=O.CCOC(=O)CP(=O)(OCC)OCC. The first-order valence-electron chi connectivity index (χ1n) is 35.0. The highest BCUT2D eigenvalue weighted by atomic mass is 31.2. The minimum absolute atomic E-state index is 0.00876. The second-order valence-electron chi connectivity index (χ2n) is 22.3. The lowest BCUT2D eigenvalue weighted by Gasteiger charge is -2.16. The highest BCUT2D eigenvalue weighted by Crippen LogP contribution is 2.47. The molecule has 0 heterocycles. The molecule has 0 unspecified atom stereocenters. The van der Waals surface area contributed by atoms with Crippen LogP contribution in [0.5, 0.6) is 0 Å². The molecular formula is C70H141O11P. The lowest BCUT2D eigenvalue weighted by Crippen LogP contribution is -2.12. The molecule has 0 fully saturated rings. The van der Waals surface area contributed by atoms with Crippen LogP contribution >= 0.6 is 7.60 Å². The van der Waals surface area contributed by atoms with E-state index in [1.807, 2.05) is 19.9 Å². The molecule has 0 aliphatic carbocycles. The summed E-state index contributed by atoms with van der Waals surface area (Å²) >= 11 is 0. The van der Waals surface area contributed by atoms with Gasteiger partial charge in [0.2, 0.25) is 0 Å². The minimum atomic E-state index is -3.28. The Kier molecular flexibility index (Phi) is 85.4. The molecule has 1 N–H and O–H groups in total. The van der Waals surface area contributed by atoms with E-state index in [9.17, 15) is 28.8 Å². The van der Waals surface area contributed by atoms with Crippen LogP contribution in [0.3, 0.4) is 0 Å². The van der Waals surface area contributed by atoms with E-state index in [1.165, 1.54) is 256 Å². The van der Waals surface area contributed by atoms with Crippen LogP contribution in [-0.2, 0) is 47.0 Å². The van der Waals surface area contributed by atoms with Gasteiger partial charge in [-0.3, -0.25) is 14.2 Å². The summed E-state index contributed by atoms with van der Waals surface area (Å²) < 4.78 is 36.2. The fourth-order valence-corrected chi connectivity index (χ4v) is 11.0. The molecule has 0 amide bonds. The molecule has 11 nitrogen and oxygen atoms in total. The molecule has 0 atom stereocenters. The molecule has 0 spiro atoms. The molecule has 82 heavy (non-hydrogen) atoms. The molecule has 0 rings (SSSR count). The van der Waals surface area contributed by atoms with E-state index >= 15 is 0 Å². The van der Waals surface area contributed by atoms with Gasteiger partial charge in [0.15, 0.2) is 0 Å². The Bertz CT molecular complexity index is 1280. The topological polar surface area (TPSA) is 152 Å². The van der Waals surface area contributed by atoms with E-state index in [1.54, 1.807) is 20.8 Å². The van der Waals surface area contributed by atoms with E-state index in [0.717, 1.165) is 37.9 Å². The summed E-state index contributed by atoms with van der Waals surface area (Å²) in [5, 5.41) is 9.18. The van der Waals surface area contributed by atoms with Crippen LogP contribution in [0.2, 0.25) is 0 Å². The molecule has 0 radical (unpaired) electrons. The third-order valence-corrected chi connectivity index (χ3v) is 16.3. The van der Waals surface area contributed by atoms with Crippen molar-refractivity contribution in [1.29, 1.82) is 0 Å². The van der Waals surface area contributed by atoms with Crippen LogP contribution in [-0.4, -0.2) is 75.1 Å². The van der Waals surface area contributed by atoms with Crippen molar-refractivity contribution in [2.24, 2.45) is 11.8 Å². The van der Waals surface area contributed by atoms with E-state index in [0.29, 0.717) is 32.2 Å². The first-order valence-corrected chi connectivity index (χ1v) is 36.7. The van der Waals surface area contributed by atoms with E-state index in [2.05, 4.69) is 46.3 Å². The Hall–Kier alpha value is -2.07. The van der Waals surface area contributed by atoms with E-state index in [-0.39, 0.29) is 37.9 Å². The number of aliphatic hydroxyl groups is 1. The largest absolute Gasteiger partial charge is 0.466 e. The predicted molar refractivity (Wildman–Crippen MR) is 352 cm³/mol. The summed E-state index contributed by atoms with van der Waals surface area (Å²) in [6, 6.07) is 0. The maximum Gasteiger partial charge on any atom is 0.341 e. The molecule has 0 bridgehead atoms. The number of aliphatic hydroxyl groups excluding tert-OH is 1. The van der Waals surface area contributed by atoms with Gasteiger partial charge >= 0.3 is 25.5 Å². The third kappa shape index (κ3) is 80.0. The van der Waals surface area contributed by atoms with Crippen molar-refractivity contribution in [3.8, 4) is 0 Å². The highest BCUT2D eigenvalue weighted by Gasteiger charge is 2.28. The van der Waals surface area contributed by atoms with Gasteiger partial charge in [-0.2, -0.15) is 0 Å². The number of ether oxygens (including phenoxy) is 3. The summed E-state index contributed by atoms with van der Waals surface area (Å²) in [6.07, 6.45) is 60.8. The van der Waals surface area contributed by atoms with Crippen molar-refractivity contribution in [2.45, 2.75) is 359 Å². The summed E-state index contributed by atoms with van der Waals surface area (Å²) in [7, 11) is -3.28. The Labute approximate surface area is 510 Å². The van der Waals surface area contributed by atoms with Gasteiger partial charge in [0.25, 0.3) is 0 Å². The number of rotatable bonds is 56. The van der Waals surface area contributed by atoms with Crippen molar-refractivity contribution in [2.75, 3.05) is 45.8 Å². The predicted octanol–water partition coefficient (Wildman–Crippen LogP) is 22.2. The lowest BCUT2D eigenvalue weighted by molar-refractivity contribution is -0.144. The van der Waals surface area contributed by atoms with Crippen LogP contribution in [0.1, 0.15) is 359 Å². The number of unbranched alkanes of at least 4 members (excludes halogenated alkanes) is 32. The first-order chi connectivity index (χ1) is 39.9. The number of hydrogen-bond acceptors (Lipinski definition) is 11. The van der Waals surface area contributed by atoms with E-state index < -0.39 is 13.6 Å². The zero-order valence-corrected chi connectivity index (χ0v) is 57.3. The number of carbonyl (C=O) groups excluding carboxylic acids is 4. The molecule has 0 aromatic rings. The molecule has 0 aromatic heterocycles. The smallest absolute Gasteiger partial charge is 0.341 e. The zero-order valence-electron chi connectivity index (χ0n) is 56.4. The molecule has 12 heteroatoms. The molecule has 0 aliphatic rings. The molecule has 492 valence electrons. The summed E-state index contributed by atoms with van der Waals surface area (Å²) in [6.45, 7) is 24.4. The van der Waals surface area contributed by atoms with Crippen LogP contribution in [0.25, 0.3) is 0 Å². The van der Waals surface area contributed by atoms with Crippen LogP contribution in [0.4, 0.5) is 0 Å². The van der Waals surface area contributed by atoms with Crippen molar-refractivity contribution < 1.29 is 52.1 Å². The van der Waals surface area contributed by atoms with Gasteiger partial charge in [0.05, 0.1) is 33.0 Å². The normalized spacial score (nSPS) is 11.0. The number of aldehydes is 1. The summed E-state index contributed by atoms with van der Waals surface area (Å²) in [4.78, 5) is 43.6. The van der Waals surface area contributed by atoms with Gasteiger partial charge < -0.3 is 33.2 Å². The standard InChI is InChI=1S/C21H42O2.C19H40O.C13H24O2.C9H18O.C8H17O5P/c1-4-7-9-11-13-15-17-20(19-21(22)23-6-3)18-16-14-12-10-8-5-2;1-3-5-7-9-11-13-15-19(17-18-20)16-14-12-10-8-6-4-2;1-3-5-6-7-8-9-10-11-12-13(14)15-4-2;1-2-3-4-5-6-7-8-9-10;1-4-11-8(9)7-14(10,12-5-2)13-6-3/h20H,4-19H2,1-3H3;19-20H,3-18H2,1-2H3;11-12H,3-10H2,1-2H3;9H,2-8H2,1H3;4-7H2,1-3H3/b;;12-11+;;. The van der Waals surface area contributed by atoms with Gasteiger partial charge in [-0.15, -0.1) is 0 Å². The summed E-state index contributed by atoms with van der Waals surface area (Å²) in [5.74, 6) is 0.569. The first kappa shape index (κ1) is 88.7. The van der Waals surface area contributed by atoms with Crippen molar-refractivity contribution in [3.05, 3.63) is 12.2 Å². The molecule has 0 saturated carbocycles. The second-order valence-corrected chi connectivity index (χ2v) is 24.4. The molecule has 0 aromatic carbocycles. The van der Waals surface area contributed by atoms with Crippen LogP contribution < -0.4 is 0 Å². The van der Waals surface area contributed by atoms with Gasteiger partial charge in [0, 0.05) is 25.5 Å². The molecule has 0 saturated heterocycles. The number of hydrogen-bond donors (Lipinski definition) is 1. The number of carbonyl (C=O) groups is 4. The molecule has 0 aliphatic heterocycles. The maximum absolute atomic E-state index is 11.8. The Morgan fingerprint density at radius 3 is 1.02 bits per heavy atom. The Morgan fingerprint density at radius 1 is 0.378 bits per heavy atom. The second kappa shape index (κ2) is 78.9. The average Bonchev–Trinajstić information content (AvgIpc) is 3.46. The maximum atomic E-state index is 11.8. The van der Waals surface area contributed by atoms with Crippen molar-refractivity contribution in [3.63, 3.8) is 0 Å². The monoisotopic (exact) mass is 1190 g/mol. The van der Waals surface area contributed by atoms with E-state index in [4.69, 9.17) is 18.5 Å². The quantitative estimate of drug-likeness (QED) is 0.0155. The Balaban J connectivity index is -0.000000309. The van der Waals surface area contributed by atoms with Gasteiger partial charge in [0.1, 0.15) is 12.4 Å². The third-order valence-electron chi connectivity index (χ3n) is 14.4. The highest BCUT2D eigenvalue weighted by molar-refractivity contribution is 7.54. The van der Waals surface area contributed by atoms with Crippen LogP contribution in [0.15, 0.2) is 12.2 Å². The average molecular weight is 1190 g/mol. The van der Waals surface area contributed by atoms with Gasteiger partial charge in [-0.1, -0.05) is 279 Å².